The number of piperazine rings is 1. The van der Waals surface area contributed by atoms with Crippen molar-refractivity contribution < 1.29 is 14.3 Å². The summed E-state index contributed by atoms with van der Waals surface area (Å²) < 4.78 is 5.78. The molecule has 0 radical (unpaired) electrons. The quantitative estimate of drug-likeness (QED) is 0.852. The molecule has 2 atom stereocenters. The average Bonchev–Trinajstić information content (AvgIpc) is 2.94. The summed E-state index contributed by atoms with van der Waals surface area (Å²) in [6.07, 6.45) is 0. The Kier molecular flexibility index (Phi) is 4.92. The molecular weight excluding hydrogens is 300 g/mol. The molecule has 1 aliphatic rings. The zero-order valence-electron chi connectivity index (χ0n) is 13.8. The van der Waals surface area contributed by atoms with Gasteiger partial charge in [0, 0.05) is 11.9 Å². The van der Waals surface area contributed by atoms with Gasteiger partial charge in [-0.15, -0.1) is 11.3 Å². The van der Waals surface area contributed by atoms with Crippen molar-refractivity contribution in [3.05, 3.63) is 22.4 Å². The van der Waals surface area contributed by atoms with E-state index in [0.29, 0.717) is 6.54 Å². The van der Waals surface area contributed by atoms with Crippen molar-refractivity contribution in [2.75, 3.05) is 13.7 Å². The molecule has 2 amide bonds. The van der Waals surface area contributed by atoms with Crippen molar-refractivity contribution >= 4 is 23.2 Å². The van der Waals surface area contributed by atoms with Crippen molar-refractivity contribution in [3.63, 3.8) is 0 Å². The van der Waals surface area contributed by atoms with Crippen LogP contribution in [0.5, 0.6) is 0 Å². The topological polar surface area (TPSA) is 49.9 Å². The van der Waals surface area contributed by atoms with Gasteiger partial charge >= 0.3 is 0 Å². The fourth-order valence-electron chi connectivity index (χ4n) is 2.37. The van der Waals surface area contributed by atoms with Crippen molar-refractivity contribution in [2.45, 2.75) is 51.9 Å². The third-order valence-corrected chi connectivity index (χ3v) is 4.67. The monoisotopic (exact) mass is 324 g/mol. The fraction of sp³-hybridized carbons (Fsp3) is 0.625. The predicted octanol–water partition coefficient (Wildman–Crippen LogP) is 2.12. The summed E-state index contributed by atoms with van der Waals surface area (Å²) in [5.41, 5.74) is -0.348. The second-order valence-electron chi connectivity index (χ2n) is 6.61. The van der Waals surface area contributed by atoms with Crippen LogP contribution in [0.15, 0.2) is 17.5 Å². The molecule has 1 fully saturated rings. The molecule has 0 aliphatic carbocycles. The third-order valence-electron chi connectivity index (χ3n) is 3.81. The van der Waals surface area contributed by atoms with E-state index in [4.69, 9.17) is 4.74 Å². The molecule has 0 aromatic carbocycles. The van der Waals surface area contributed by atoms with Crippen LogP contribution >= 0.6 is 11.3 Å². The van der Waals surface area contributed by atoms with Gasteiger partial charge in [0.15, 0.2) is 0 Å². The molecule has 0 bridgehead atoms. The number of thiophene rings is 1. The van der Waals surface area contributed by atoms with Crippen LogP contribution < -0.4 is 0 Å². The molecule has 122 valence electrons. The highest BCUT2D eigenvalue weighted by molar-refractivity contribution is 7.09. The highest BCUT2D eigenvalue weighted by Crippen LogP contribution is 2.23. The summed E-state index contributed by atoms with van der Waals surface area (Å²) in [5.74, 6) is -0.0917. The van der Waals surface area contributed by atoms with E-state index in [-0.39, 0.29) is 24.0 Å². The number of carbonyl (C=O) groups excluding carboxylic acids is 2. The van der Waals surface area contributed by atoms with Gasteiger partial charge in [-0.2, -0.15) is 0 Å². The maximum absolute atomic E-state index is 12.6. The van der Waals surface area contributed by atoms with Gasteiger partial charge in [-0.25, -0.2) is 0 Å². The molecular formula is C16H24N2O3S. The van der Waals surface area contributed by atoms with E-state index in [2.05, 4.69) is 0 Å². The van der Waals surface area contributed by atoms with Crippen LogP contribution in [-0.4, -0.2) is 53.0 Å². The lowest BCUT2D eigenvalue weighted by Crippen LogP contribution is -2.63. The van der Waals surface area contributed by atoms with Crippen LogP contribution in [0.3, 0.4) is 0 Å². The summed E-state index contributed by atoms with van der Waals surface area (Å²) in [6, 6.07) is 2.94. The molecule has 2 rings (SSSR count). The van der Waals surface area contributed by atoms with E-state index in [1.807, 2.05) is 38.3 Å². The summed E-state index contributed by atoms with van der Waals surface area (Å²) in [7, 11) is 1.68. The minimum Gasteiger partial charge on any atom is -0.373 e. The van der Waals surface area contributed by atoms with Crippen LogP contribution in [0, 0.1) is 0 Å². The first-order chi connectivity index (χ1) is 10.2. The second kappa shape index (κ2) is 6.38. The molecule has 6 heteroatoms. The number of amides is 2. The van der Waals surface area contributed by atoms with Crippen molar-refractivity contribution in [2.24, 2.45) is 0 Å². The molecule has 0 unspecified atom stereocenters. The number of rotatable bonds is 4. The van der Waals surface area contributed by atoms with E-state index in [1.54, 1.807) is 30.2 Å². The number of nitrogens with zero attached hydrogens (tertiary/aromatic N) is 2. The zero-order valence-corrected chi connectivity index (χ0v) is 14.6. The second-order valence-corrected chi connectivity index (χ2v) is 7.64. The fourth-order valence-corrected chi connectivity index (χ4v) is 3.07. The zero-order chi connectivity index (χ0) is 16.5. The standard InChI is InChI=1S/C16H24N2O3S/c1-11-14(19)18(9-12-7-6-8-22-12)13(15(20)17(11)5)10-21-16(2,3)4/h6-8,11,13H,9-10H2,1-5H3/t11-,13-/m0/s1. The molecule has 1 aromatic rings. The maximum Gasteiger partial charge on any atom is 0.248 e. The summed E-state index contributed by atoms with van der Waals surface area (Å²) in [4.78, 5) is 29.5. The van der Waals surface area contributed by atoms with Gasteiger partial charge in [0.1, 0.15) is 12.1 Å². The lowest BCUT2D eigenvalue weighted by molar-refractivity contribution is -0.165. The molecule has 0 N–H and O–H groups in total. The van der Waals surface area contributed by atoms with Crippen LogP contribution in [0.4, 0.5) is 0 Å². The number of hydrogen-bond donors (Lipinski definition) is 0. The van der Waals surface area contributed by atoms with Crippen LogP contribution in [0.2, 0.25) is 0 Å². The van der Waals surface area contributed by atoms with E-state index in [0.717, 1.165) is 4.88 Å². The van der Waals surface area contributed by atoms with Gasteiger partial charge in [-0.05, 0) is 39.1 Å². The summed E-state index contributed by atoms with van der Waals surface area (Å²) in [5, 5.41) is 1.97. The molecule has 5 nitrogen and oxygen atoms in total. The Balaban J connectivity index is 2.22. The molecule has 22 heavy (non-hydrogen) atoms. The van der Waals surface area contributed by atoms with Gasteiger partial charge in [-0.1, -0.05) is 6.07 Å². The Morgan fingerprint density at radius 1 is 1.27 bits per heavy atom. The highest BCUT2D eigenvalue weighted by atomic mass is 32.1. The smallest absolute Gasteiger partial charge is 0.248 e. The van der Waals surface area contributed by atoms with E-state index in [1.165, 1.54) is 4.90 Å². The molecule has 1 aromatic heterocycles. The molecule has 1 aliphatic heterocycles. The van der Waals surface area contributed by atoms with Gasteiger partial charge in [-0.3, -0.25) is 9.59 Å². The van der Waals surface area contributed by atoms with Crippen LogP contribution in [-0.2, 0) is 20.9 Å². The number of ether oxygens (including phenoxy) is 1. The first kappa shape index (κ1) is 17.0. The average molecular weight is 324 g/mol. The van der Waals surface area contributed by atoms with E-state index >= 15 is 0 Å². The van der Waals surface area contributed by atoms with Gasteiger partial charge in [0.2, 0.25) is 11.8 Å². The largest absolute Gasteiger partial charge is 0.373 e. The summed E-state index contributed by atoms with van der Waals surface area (Å²) in [6.45, 7) is 8.27. The summed E-state index contributed by atoms with van der Waals surface area (Å²) >= 11 is 1.59. The molecule has 2 heterocycles. The number of likely N-dealkylation sites (N-methyl/N-ethyl adjacent to an activating group) is 1. The van der Waals surface area contributed by atoms with Gasteiger partial charge in [0.05, 0.1) is 18.8 Å². The van der Waals surface area contributed by atoms with E-state index < -0.39 is 12.1 Å². The Morgan fingerprint density at radius 2 is 1.95 bits per heavy atom. The first-order valence-corrected chi connectivity index (χ1v) is 8.32. The highest BCUT2D eigenvalue weighted by Gasteiger charge is 2.42. The normalized spacial score (nSPS) is 23.3. The van der Waals surface area contributed by atoms with Crippen molar-refractivity contribution in [3.8, 4) is 0 Å². The van der Waals surface area contributed by atoms with Crippen molar-refractivity contribution in [1.29, 1.82) is 0 Å². The van der Waals surface area contributed by atoms with Crippen LogP contribution in [0.25, 0.3) is 0 Å². The number of carbonyl (C=O) groups is 2. The molecule has 0 saturated carbocycles. The van der Waals surface area contributed by atoms with Crippen molar-refractivity contribution in [1.82, 2.24) is 9.80 Å². The Bertz CT molecular complexity index is 536. The SMILES string of the molecule is C[C@H]1C(=O)N(Cc2cccs2)[C@@H](COC(C)(C)C)C(=O)N1C. The third kappa shape index (κ3) is 3.67. The Hall–Kier alpha value is -1.40. The lowest BCUT2D eigenvalue weighted by Gasteiger charge is -2.42. The maximum atomic E-state index is 12.6. The predicted molar refractivity (Wildman–Crippen MR) is 86.6 cm³/mol. The molecule has 0 spiro atoms. The van der Waals surface area contributed by atoms with E-state index in [9.17, 15) is 9.59 Å². The molecule has 1 saturated heterocycles. The van der Waals surface area contributed by atoms with Gasteiger partial charge < -0.3 is 14.5 Å². The van der Waals surface area contributed by atoms with Crippen LogP contribution in [0.1, 0.15) is 32.6 Å². The Labute approximate surface area is 135 Å². The first-order valence-electron chi connectivity index (χ1n) is 7.44. The minimum atomic E-state index is -0.560. The lowest BCUT2D eigenvalue weighted by atomic mass is 10.1. The Morgan fingerprint density at radius 3 is 2.50 bits per heavy atom. The minimum absolute atomic E-state index is 0.0296. The van der Waals surface area contributed by atoms with Gasteiger partial charge in [0.25, 0.3) is 0 Å². The number of hydrogen-bond acceptors (Lipinski definition) is 4.